The number of aromatic nitrogens is 2. The summed E-state index contributed by atoms with van der Waals surface area (Å²) in [6.45, 7) is 2.91. The predicted molar refractivity (Wildman–Crippen MR) is 74.8 cm³/mol. The Balaban J connectivity index is 2.41. The Kier molecular flexibility index (Phi) is 4.56. The lowest BCUT2D eigenvalue weighted by molar-refractivity contribution is 0.548. The molecule has 1 aromatic heterocycles. The standard InChI is InChI=1S/C14H17ClFN3/c1-3-7-17-13(10-5-4-6-11(16)8-10)14-12(15)9-18-19(14)2/h4-6,8-9,13,17H,3,7H2,1-2H3. The van der Waals surface area contributed by atoms with Gasteiger partial charge in [-0.15, -0.1) is 0 Å². The molecule has 0 amide bonds. The summed E-state index contributed by atoms with van der Waals surface area (Å²) in [6.07, 6.45) is 2.60. The van der Waals surface area contributed by atoms with Crippen LogP contribution in [0.4, 0.5) is 4.39 Å². The molecule has 19 heavy (non-hydrogen) atoms. The highest BCUT2D eigenvalue weighted by atomic mass is 35.5. The molecule has 1 unspecified atom stereocenters. The minimum Gasteiger partial charge on any atom is -0.305 e. The normalized spacial score (nSPS) is 12.6. The van der Waals surface area contributed by atoms with E-state index in [-0.39, 0.29) is 11.9 Å². The van der Waals surface area contributed by atoms with Crippen molar-refractivity contribution in [2.75, 3.05) is 6.54 Å². The van der Waals surface area contributed by atoms with E-state index in [9.17, 15) is 4.39 Å². The maximum atomic E-state index is 13.4. The molecule has 0 bridgehead atoms. The first-order valence-corrected chi connectivity index (χ1v) is 6.67. The van der Waals surface area contributed by atoms with E-state index in [0.29, 0.717) is 5.02 Å². The van der Waals surface area contributed by atoms with Crippen LogP contribution >= 0.6 is 11.6 Å². The average Bonchev–Trinajstić information content (AvgIpc) is 2.71. The van der Waals surface area contributed by atoms with Gasteiger partial charge in [0.1, 0.15) is 5.82 Å². The molecule has 1 N–H and O–H groups in total. The van der Waals surface area contributed by atoms with Gasteiger partial charge in [0.05, 0.1) is 23.0 Å². The fourth-order valence-corrected chi connectivity index (χ4v) is 2.37. The van der Waals surface area contributed by atoms with Crippen molar-refractivity contribution in [2.45, 2.75) is 19.4 Å². The Labute approximate surface area is 117 Å². The van der Waals surface area contributed by atoms with Gasteiger partial charge < -0.3 is 5.32 Å². The average molecular weight is 282 g/mol. The number of nitrogens with one attached hydrogen (secondary N) is 1. The minimum atomic E-state index is -0.251. The number of hydrogen-bond acceptors (Lipinski definition) is 2. The third kappa shape index (κ3) is 3.14. The van der Waals surface area contributed by atoms with Gasteiger partial charge in [0.15, 0.2) is 0 Å². The van der Waals surface area contributed by atoms with Crippen LogP contribution in [-0.2, 0) is 7.05 Å². The van der Waals surface area contributed by atoms with Gasteiger partial charge in [0, 0.05) is 7.05 Å². The van der Waals surface area contributed by atoms with Gasteiger partial charge in [-0.25, -0.2) is 4.39 Å². The molecule has 102 valence electrons. The smallest absolute Gasteiger partial charge is 0.123 e. The summed E-state index contributed by atoms with van der Waals surface area (Å²) in [5.74, 6) is -0.251. The van der Waals surface area contributed by atoms with E-state index in [1.165, 1.54) is 12.1 Å². The monoisotopic (exact) mass is 281 g/mol. The van der Waals surface area contributed by atoms with E-state index in [1.54, 1.807) is 16.9 Å². The molecule has 0 aliphatic rings. The second kappa shape index (κ2) is 6.17. The van der Waals surface area contributed by atoms with Crippen molar-refractivity contribution in [1.82, 2.24) is 15.1 Å². The summed E-state index contributed by atoms with van der Waals surface area (Å²) >= 11 is 6.19. The molecule has 0 spiro atoms. The summed E-state index contributed by atoms with van der Waals surface area (Å²) in [4.78, 5) is 0. The minimum absolute atomic E-state index is 0.157. The molecule has 2 aromatic rings. The number of halogens is 2. The predicted octanol–water partition coefficient (Wildman–Crippen LogP) is 3.30. The molecule has 0 saturated heterocycles. The Hall–Kier alpha value is -1.39. The van der Waals surface area contributed by atoms with Crippen molar-refractivity contribution in [3.63, 3.8) is 0 Å². The van der Waals surface area contributed by atoms with Crippen molar-refractivity contribution in [2.24, 2.45) is 7.05 Å². The quantitative estimate of drug-likeness (QED) is 0.911. The first kappa shape index (κ1) is 14.0. The zero-order chi connectivity index (χ0) is 13.8. The summed E-state index contributed by atoms with van der Waals surface area (Å²) in [5.41, 5.74) is 1.69. The number of aryl methyl sites for hydroxylation is 1. The first-order valence-electron chi connectivity index (χ1n) is 6.29. The number of hydrogen-bond donors (Lipinski definition) is 1. The topological polar surface area (TPSA) is 29.9 Å². The summed E-state index contributed by atoms with van der Waals surface area (Å²) < 4.78 is 15.1. The van der Waals surface area contributed by atoms with Crippen LogP contribution in [0.25, 0.3) is 0 Å². The summed E-state index contributed by atoms with van der Waals surface area (Å²) in [5, 5.41) is 8.11. The molecule has 3 nitrogen and oxygen atoms in total. The Bertz CT molecular complexity index is 534. The molecule has 0 aliphatic carbocycles. The van der Waals surface area contributed by atoms with Crippen LogP contribution in [0.1, 0.15) is 30.6 Å². The van der Waals surface area contributed by atoms with Crippen LogP contribution in [0.2, 0.25) is 5.02 Å². The largest absolute Gasteiger partial charge is 0.305 e. The zero-order valence-corrected chi connectivity index (χ0v) is 11.8. The molecule has 1 atom stereocenters. The van der Waals surface area contributed by atoms with Gasteiger partial charge in [-0.3, -0.25) is 4.68 Å². The lowest BCUT2D eigenvalue weighted by atomic mass is 10.0. The molecule has 0 radical (unpaired) electrons. The van der Waals surface area contributed by atoms with Gasteiger partial charge in [0.2, 0.25) is 0 Å². The van der Waals surface area contributed by atoms with E-state index in [1.807, 2.05) is 13.1 Å². The third-order valence-electron chi connectivity index (χ3n) is 2.99. The highest BCUT2D eigenvalue weighted by molar-refractivity contribution is 6.31. The summed E-state index contributed by atoms with van der Waals surface area (Å²) in [6, 6.07) is 6.40. The van der Waals surface area contributed by atoms with Gasteiger partial charge in [-0.05, 0) is 30.7 Å². The summed E-state index contributed by atoms with van der Waals surface area (Å²) in [7, 11) is 1.83. The van der Waals surface area contributed by atoms with E-state index < -0.39 is 0 Å². The SMILES string of the molecule is CCCNC(c1cccc(F)c1)c1c(Cl)cnn1C. The van der Waals surface area contributed by atoms with Crippen molar-refractivity contribution < 1.29 is 4.39 Å². The molecular weight excluding hydrogens is 265 g/mol. The molecule has 5 heteroatoms. The molecule has 0 fully saturated rings. The van der Waals surface area contributed by atoms with E-state index in [2.05, 4.69) is 17.3 Å². The zero-order valence-electron chi connectivity index (χ0n) is 11.0. The van der Waals surface area contributed by atoms with Crippen LogP contribution in [0.15, 0.2) is 30.5 Å². The number of benzene rings is 1. The van der Waals surface area contributed by atoms with Crippen LogP contribution < -0.4 is 5.32 Å². The van der Waals surface area contributed by atoms with Gasteiger partial charge in [-0.1, -0.05) is 30.7 Å². The number of nitrogens with zero attached hydrogens (tertiary/aromatic N) is 2. The lowest BCUT2D eigenvalue weighted by Gasteiger charge is -2.20. The number of rotatable bonds is 5. The molecule has 1 aromatic carbocycles. The molecule has 2 rings (SSSR count). The van der Waals surface area contributed by atoms with E-state index >= 15 is 0 Å². The Morgan fingerprint density at radius 1 is 1.47 bits per heavy atom. The highest BCUT2D eigenvalue weighted by Crippen LogP contribution is 2.28. The fourth-order valence-electron chi connectivity index (χ4n) is 2.09. The van der Waals surface area contributed by atoms with Crippen LogP contribution in [0, 0.1) is 5.82 Å². The molecule has 1 heterocycles. The van der Waals surface area contributed by atoms with Crippen LogP contribution in [-0.4, -0.2) is 16.3 Å². The lowest BCUT2D eigenvalue weighted by Crippen LogP contribution is -2.25. The van der Waals surface area contributed by atoms with Gasteiger partial charge in [-0.2, -0.15) is 5.10 Å². The maximum Gasteiger partial charge on any atom is 0.123 e. The van der Waals surface area contributed by atoms with Crippen molar-refractivity contribution in [1.29, 1.82) is 0 Å². The first-order chi connectivity index (χ1) is 9.13. The Morgan fingerprint density at radius 3 is 2.84 bits per heavy atom. The van der Waals surface area contributed by atoms with E-state index in [4.69, 9.17) is 11.6 Å². The third-order valence-corrected chi connectivity index (χ3v) is 3.28. The van der Waals surface area contributed by atoms with Crippen LogP contribution in [0.5, 0.6) is 0 Å². The fraction of sp³-hybridized carbons (Fsp3) is 0.357. The highest BCUT2D eigenvalue weighted by Gasteiger charge is 2.20. The molecule has 0 saturated carbocycles. The van der Waals surface area contributed by atoms with Gasteiger partial charge >= 0.3 is 0 Å². The Morgan fingerprint density at radius 2 is 2.26 bits per heavy atom. The second-order valence-corrected chi connectivity index (χ2v) is 4.85. The van der Waals surface area contributed by atoms with Gasteiger partial charge in [0.25, 0.3) is 0 Å². The second-order valence-electron chi connectivity index (χ2n) is 4.44. The van der Waals surface area contributed by atoms with Crippen molar-refractivity contribution in [3.05, 3.63) is 52.6 Å². The molecule has 0 aliphatic heterocycles. The van der Waals surface area contributed by atoms with Crippen LogP contribution in [0.3, 0.4) is 0 Å². The van der Waals surface area contributed by atoms with E-state index in [0.717, 1.165) is 24.2 Å². The molecular formula is C14H17ClFN3. The maximum absolute atomic E-state index is 13.4. The van der Waals surface area contributed by atoms with Crippen molar-refractivity contribution >= 4 is 11.6 Å². The van der Waals surface area contributed by atoms with Crippen molar-refractivity contribution in [3.8, 4) is 0 Å².